The number of carbonyl (C=O) groups is 2. The molecule has 14 heavy (non-hydrogen) atoms. The number of carbonyl (C=O) groups excluding carboxylic acids is 1. The average Bonchev–Trinajstić information content (AvgIpc) is 2.02. The Kier molecular flexibility index (Phi) is 2.83. The van der Waals surface area contributed by atoms with Crippen LogP contribution in [0, 0.1) is 5.41 Å². The third-order valence-electron chi connectivity index (χ3n) is 2.98. The largest absolute Gasteiger partial charge is 0.480 e. The summed E-state index contributed by atoms with van der Waals surface area (Å²) in [7, 11) is 0. The first-order chi connectivity index (χ1) is 6.42. The van der Waals surface area contributed by atoms with Gasteiger partial charge in [0.05, 0.1) is 0 Å². The summed E-state index contributed by atoms with van der Waals surface area (Å²) in [5.74, 6) is -0.919. The normalized spacial score (nSPS) is 30.7. The van der Waals surface area contributed by atoms with Gasteiger partial charge in [0.2, 0.25) is 6.41 Å². The summed E-state index contributed by atoms with van der Waals surface area (Å²) in [5, 5.41) is 11.6. The highest BCUT2D eigenvalue weighted by Crippen LogP contribution is 2.40. The Balaban J connectivity index is 2.87. The molecular weight excluding hydrogens is 182 g/mol. The van der Waals surface area contributed by atoms with Crippen LogP contribution < -0.4 is 5.32 Å². The first-order valence-corrected chi connectivity index (χ1v) is 4.87. The van der Waals surface area contributed by atoms with Crippen molar-refractivity contribution < 1.29 is 14.7 Å². The Morgan fingerprint density at radius 3 is 2.50 bits per heavy atom. The van der Waals surface area contributed by atoms with Gasteiger partial charge in [-0.1, -0.05) is 13.8 Å². The molecule has 0 aromatic carbocycles. The number of hydrogen-bond acceptors (Lipinski definition) is 2. The lowest BCUT2D eigenvalue weighted by atomic mass is 9.68. The van der Waals surface area contributed by atoms with E-state index in [0.717, 1.165) is 12.8 Å². The molecule has 0 heterocycles. The first kappa shape index (κ1) is 11.0. The molecule has 1 amide bonds. The highest BCUT2D eigenvalue weighted by molar-refractivity contribution is 5.81. The van der Waals surface area contributed by atoms with Crippen LogP contribution in [-0.2, 0) is 9.59 Å². The van der Waals surface area contributed by atoms with E-state index in [-0.39, 0.29) is 5.41 Å². The summed E-state index contributed by atoms with van der Waals surface area (Å²) in [5.41, 5.74) is -1.05. The summed E-state index contributed by atoms with van der Waals surface area (Å²) in [6.07, 6.45) is 3.40. The molecule has 0 aromatic heterocycles. The first-order valence-electron chi connectivity index (χ1n) is 4.87. The van der Waals surface area contributed by atoms with Crippen molar-refractivity contribution in [3.8, 4) is 0 Å². The van der Waals surface area contributed by atoms with Crippen molar-refractivity contribution in [2.24, 2.45) is 5.41 Å². The Labute approximate surface area is 83.7 Å². The Hall–Kier alpha value is -1.06. The maximum atomic E-state index is 11.1. The molecule has 0 radical (unpaired) electrons. The van der Waals surface area contributed by atoms with Crippen molar-refractivity contribution in [3.63, 3.8) is 0 Å². The van der Waals surface area contributed by atoms with Gasteiger partial charge in [0.1, 0.15) is 5.54 Å². The van der Waals surface area contributed by atoms with E-state index in [1.807, 2.05) is 13.8 Å². The van der Waals surface area contributed by atoms with Gasteiger partial charge in [-0.25, -0.2) is 4.79 Å². The number of amides is 1. The van der Waals surface area contributed by atoms with Gasteiger partial charge in [-0.2, -0.15) is 0 Å². The third-order valence-corrected chi connectivity index (χ3v) is 2.98. The van der Waals surface area contributed by atoms with Crippen molar-refractivity contribution in [1.29, 1.82) is 0 Å². The van der Waals surface area contributed by atoms with Crippen LogP contribution in [0.4, 0.5) is 0 Å². The zero-order valence-corrected chi connectivity index (χ0v) is 8.67. The van der Waals surface area contributed by atoms with E-state index in [1.165, 1.54) is 0 Å². The molecule has 1 unspecified atom stereocenters. The van der Waals surface area contributed by atoms with Gasteiger partial charge in [-0.15, -0.1) is 0 Å². The Morgan fingerprint density at radius 2 is 2.07 bits per heavy atom. The van der Waals surface area contributed by atoms with E-state index in [4.69, 9.17) is 5.11 Å². The van der Waals surface area contributed by atoms with Gasteiger partial charge in [0, 0.05) is 0 Å². The number of nitrogens with one attached hydrogen (secondary N) is 1. The van der Waals surface area contributed by atoms with Gasteiger partial charge in [-0.3, -0.25) is 4.79 Å². The maximum absolute atomic E-state index is 11.1. The lowest BCUT2D eigenvalue weighted by Crippen LogP contribution is -2.55. The minimum Gasteiger partial charge on any atom is -0.480 e. The van der Waals surface area contributed by atoms with Crippen molar-refractivity contribution in [1.82, 2.24) is 5.32 Å². The highest BCUT2D eigenvalue weighted by atomic mass is 16.4. The summed E-state index contributed by atoms with van der Waals surface area (Å²) >= 11 is 0. The molecule has 80 valence electrons. The molecule has 0 spiro atoms. The van der Waals surface area contributed by atoms with Crippen LogP contribution in [0.1, 0.15) is 39.5 Å². The Bertz CT molecular complexity index is 250. The number of carboxylic acid groups (broad SMARTS) is 1. The lowest BCUT2D eigenvalue weighted by molar-refractivity contribution is -0.149. The molecule has 4 nitrogen and oxygen atoms in total. The summed E-state index contributed by atoms with van der Waals surface area (Å²) in [4.78, 5) is 21.6. The second-order valence-corrected chi connectivity index (χ2v) is 4.84. The second-order valence-electron chi connectivity index (χ2n) is 4.84. The van der Waals surface area contributed by atoms with Crippen LogP contribution in [0.3, 0.4) is 0 Å². The molecule has 0 aromatic rings. The predicted octanol–water partition coefficient (Wildman–Crippen LogP) is 1.16. The topological polar surface area (TPSA) is 66.4 Å². The number of carboxylic acids is 1. The van der Waals surface area contributed by atoms with Gasteiger partial charge in [0.15, 0.2) is 0 Å². The van der Waals surface area contributed by atoms with Crippen LogP contribution in [-0.4, -0.2) is 23.0 Å². The minimum atomic E-state index is -1.04. The van der Waals surface area contributed by atoms with Crippen molar-refractivity contribution in [2.75, 3.05) is 0 Å². The van der Waals surface area contributed by atoms with E-state index < -0.39 is 11.5 Å². The molecule has 1 saturated carbocycles. The zero-order valence-electron chi connectivity index (χ0n) is 8.67. The predicted molar refractivity (Wildman–Crippen MR) is 51.8 cm³/mol. The quantitative estimate of drug-likeness (QED) is 0.670. The molecule has 1 aliphatic rings. The van der Waals surface area contributed by atoms with Gasteiger partial charge >= 0.3 is 5.97 Å². The van der Waals surface area contributed by atoms with E-state index in [2.05, 4.69) is 5.32 Å². The summed E-state index contributed by atoms with van der Waals surface area (Å²) < 4.78 is 0. The van der Waals surface area contributed by atoms with Crippen LogP contribution >= 0.6 is 0 Å². The van der Waals surface area contributed by atoms with E-state index in [9.17, 15) is 9.59 Å². The third kappa shape index (κ3) is 2.05. The summed E-state index contributed by atoms with van der Waals surface area (Å²) in [6, 6.07) is 0. The number of rotatable bonds is 3. The fraction of sp³-hybridized carbons (Fsp3) is 0.800. The lowest BCUT2D eigenvalue weighted by Gasteiger charge is -2.41. The van der Waals surface area contributed by atoms with Crippen LogP contribution in [0.5, 0.6) is 0 Å². The van der Waals surface area contributed by atoms with Gasteiger partial charge in [-0.05, 0) is 31.1 Å². The maximum Gasteiger partial charge on any atom is 0.329 e. The van der Waals surface area contributed by atoms with Crippen LogP contribution in [0.15, 0.2) is 0 Å². The molecule has 1 aliphatic carbocycles. The molecule has 0 bridgehead atoms. The number of aliphatic carboxylic acids is 1. The molecule has 1 atom stereocenters. The fourth-order valence-electron chi connectivity index (χ4n) is 2.34. The van der Waals surface area contributed by atoms with E-state index in [1.54, 1.807) is 0 Å². The van der Waals surface area contributed by atoms with Crippen LogP contribution in [0.2, 0.25) is 0 Å². The highest BCUT2D eigenvalue weighted by Gasteiger charge is 2.45. The van der Waals surface area contributed by atoms with Crippen molar-refractivity contribution in [3.05, 3.63) is 0 Å². The molecule has 1 rings (SSSR count). The SMILES string of the molecule is CC1(C)CCCC(NC=O)(C(=O)O)C1. The molecule has 0 saturated heterocycles. The second kappa shape index (κ2) is 3.59. The van der Waals surface area contributed by atoms with Crippen LogP contribution in [0.25, 0.3) is 0 Å². The molecule has 0 aliphatic heterocycles. The zero-order chi connectivity index (χ0) is 10.8. The van der Waals surface area contributed by atoms with Crippen molar-refractivity contribution in [2.45, 2.75) is 45.1 Å². The minimum absolute atomic E-state index is 0.00729. The Morgan fingerprint density at radius 1 is 1.43 bits per heavy atom. The smallest absolute Gasteiger partial charge is 0.329 e. The van der Waals surface area contributed by atoms with Crippen molar-refractivity contribution >= 4 is 12.4 Å². The molecular formula is C10H17NO3. The van der Waals surface area contributed by atoms with E-state index in [0.29, 0.717) is 19.3 Å². The number of hydrogen-bond donors (Lipinski definition) is 2. The summed E-state index contributed by atoms with van der Waals surface area (Å²) in [6.45, 7) is 4.08. The van der Waals surface area contributed by atoms with E-state index >= 15 is 0 Å². The molecule has 1 fully saturated rings. The standard InChI is InChI=1S/C10H17NO3/c1-9(2)4-3-5-10(6-9,8(13)14)11-7-12/h7H,3-6H2,1-2H3,(H,11,12)(H,13,14). The average molecular weight is 199 g/mol. The fourth-order valence-corrected chi connectivity index (χ4v) is 2.34. The monoisotopic (exact) mass is 199 g/mol. The van der Waals surface area contributed by atoms with Gasteiger partial charge < -0.3 is 10.4 Å². The molecule has 4 heteroatoms. The van der Waals surface area contributed by atoms with Gasteiger partial charge in [0.25, 0.3) is 0 Å². The molecule has 2 N–H and O–H groups in total.